The van der Waals surface area contributed by atoms with E-state index in [4.69, 9.17) is 5.11 Å². The van der Waals surface area contributed by atoms with Gasteiger partial charge in [0.1, 0.15) is 0 Å². The number of carbonyl (C=O) groups is 2. The molecule has 5 heteroatoms. The molecule has 0 saturated heterocycles. The van der Waals surface area contributed by atoms with Gasteiger partial charge in [0.15, 0.2) is 0 Å². The molecule has 0 unspecified atom stereocenters. The predicted molar refractivity (Wildman–Crippen MR) is 77.5 cm³/mol. The highest BCUT2D eigenvalue weighted by atomic mass is 32.1. The Morgan fingerprint density at radius 1 is 1.35 bits per heavy atom. The van der Waals surface area contributed by atoms with Crippen LogP contribution in [0, 0.1) is 0 Å². The Morgan fingerprint density at radius 3 is 2.90 bits per heavy atom. The van der Waals surface area contributed by atoms with Crippen LogP contribution in [0.1, 0.15) is 21.5 Å². The number of carboxylic acid groups (broad SMARTS) is 1. The fourth-order valence-corrected chi connectivity index (χ4v) is 3.14. The number of hydrogen-bond acceptors (Lipinski definition) is 3. The highest BCUT2D eigenvalue weighted by molar-refractivity contribution is 7.07. The summed E-state index contributed by atoms with van der Waals surface area (Å²) < 4.78 is 0. The van der Waals surface area contributed by atoms with Crippen molar-refractivity contribution in [1.29, 1.82) is 0 Å². The minimum atomic E-state index is -0.961. The SMILES string of the molecule is O=C(O)c1ccc2c(c1)CC(=O)N2CCc1ccsc1. The second-order valence-corrected chi connectivity index (χ2v) is 5.53. The fraction of sp³-hybridized carbons (Fsp3) is 0.200. The first-order chi connectivity index (χ1) is 9.65. The Bertz CT molecular complexity index is 664. The summed E-state index contributed by atoms with van der Waals surface area (Å²) in [5.74, 6) is -0.922. The van der Waals surface area contributed by atoms with Crippen LogP contribution in [-0.4, -0.2) is 23.5 Å². The third-order valence-electron chi connectivity index (χ3n) is 3.46. The molecule has 4 nitrogen and oxygen atoms in total. The summed E-state index contributed by atoms with van der Waals surface area (Å²) in [6.45, 7) is 0.634. The number of hydrogen-bond donors (Lipinski definition) is 1. The van der Waals surface area contributed by atoms with Gasteiger partial charge in [0.2, 0.25) is 5.91 Å². The highest BCUT2D eigenvalue weighted by Gasteiger charge is 2.27. The molecule has 0 spiro atoms. The van der Waals surface area contributed by atoms with Crippen LogP contribution in [0.25, 0.3) is 0 Å². The van der Waals surface area contributed by atoms with Crippen molar-refractivity contribution < 1.29 is 14.7 Å². The number of carboxylic acids is 1. The molecular formula is C15H13NO3S. The maximum absolute atomic E-state index is 12.1. The molecule has 20 heavy (non-hydrogen) atoms. The lowest BCUT2D eigenvalue weighted by Gasteiger charge is -2.17. The van der Waals surface area contributed by atoms with Crippen LogP contribution in [-0.2, 0) is 17.6 Å². The van der Waals surface area contributed by atoms with E-state index in [0.29, 0.717) is 13.0 Å². The van der Waals surface area contributed by atoms with Gasteiger partial charge in [-0.2, -0.15) is 11.3 Å². The van der Waals surface area contributed by atoms with E-state index in [9.17, 15) is 9.59 Å². The van der Waals surface area contributed by atoms with Crippen molar-refractivity contribution >= 4 is 28.9 Å². The molecule has 102 valence electrons. The lowest BCUT2D eigenvalue weighted by molar-refractivity contribution is -0.117. The molecule has 1 aliphatic heterocycles. The third kappa shape index (κ3) is 2.32. The number of anilines is 1. The van der Waals surface area contributed by atoms with Crippen LogP contribution >= 0.6 is 11.3 Å². The lowest BCUT2D eigenvalue weighted by Crippen LogP contribution is -2.28. The van der Waals surface area contributed by atoms with Crippen molar-refractivity contribution in [2.45, 2.75) is 12.8 Å². The first-order valence-electron chi connectivity index (χ1n) is 6.33. The quantitative estimate of drug-likeness (QED) is 0.940. The summed E-state index contributed by atoms with van der Waals surface area (Å²) in [5.41, 5.74) is 3.10. The zero-order valence-electron chi connectivity index (χ0n) is 10.7. The van der Waals surface area contributed by atoms with E-state index in [-0.39, 0.29) is 11.5 Å². The number of amides is 1. The Balaban J connectivity index is 1.81. The maximum atomic E-state index is 12.1. The monoisotopic (exact) mass is 287 g/mol. The van der Waals surface area contributed by atoms with Gasteiger partial charge in [-0.05, 0) is 52.6 Å². The number of thiophene rings is 1. The van der Waals surface area contributed by atoms with Crippen LogP contribution in [0.4, 0.5) is 5.69 Å². The minimum Gasteiger partial charge on any atom is -0.478 e. The van der Waals surface area contributed by atoms with Crippen molar-refractivity contribution in [3.05, 3.63) is 51.7 Å². The molecule has 1 N–H and O–H groups in total. The largest absolute Gasteiger partial charge is 0.478 e. The van der Waals surface area contributed by atoms with E-state index in [0.717, 1.165) is 17.7 Å². The van der Waals surface area contributed by atoms with Gasteiger partial charge >= 0.3 is 5.97 Å². The molecule has 2 heterocycles. The van der Waals surface area contributed by atoms with Gasteiger partial charge in [-0.15, -0.1) is 0 Å². The average molecular weight is 287 g/mol. The third-order valence-corrected chi connectivity index (χ3v) is 4.20. The first-order valence-corrected chi connectivity index (χ1v) is 7.27. The molecule has 1 aromatic carbocycles. The van der Waals surface area contributed by atoms with Gasteiger partial charge in [0.05, 0.1) is 12.0 Å². The maximum Gasteiger partial charge on any atom is 0.335 e. The number of carbonyl (C=O) groups excluding carboxylic acids is 1. The Morgan fingerprint density at radius 2 is 2.20 bits per heavy atom. The van der Waals surface area contributed by atoms with Crippen molar-refractivity contribution in [1.82, 2.24) is 0 Å². The Kier molecular flexibility index (Phi) is 3.28. The molecule has 2 aromatic rings. The predicted octanol–water partition coefficient (Wildman–Crippen LogP) is 2.58. The van der Waals surface area contributed by atoms with E-state index in [1.165, 1.54) is 5.56 Å². The van der Waals surface area contributed by atoms with Crippen LogP contribution in [0.3, 0.4) is 0 Å². The number of benzene rings is 1. The highest BCUT2D eigenvalue weighted by Crippen LogP contribution is 2.30. The van der Waals surface area contributed by atoms with Crippen molar-refractivity contribution in [2.75, 3.05) is 11.4 Å². The first kappa shape index (κ1) is 12.9. The van der Waals surface area contributed by atoms with Crippen LogP contribution in [0.5, 0.6) is 0 Å². The topological polar surface area (TPSA) is 57.6 Å². The van der Waals surface area contributed by atoms with Crippen molar-refractivity contribution in [2.24, 2.45) is 0 Å². The van der Waals surface area contributed by atoms with E-state index in [1.807, 2.05) is 5.38 Å². The van der Waals surface area contributed by atoms with Crippen molar-refractivity contribution in [3.63, 3.8) is 0 Å². The number of nitrogens with zero attached hydrogens (tertiary/aromatic N) is 1. The molecule has 0 bridgehead atoms. The molecule has 0 fully saturated rings. The lowest BCUT2D eigenvalue weighted by atomic mass is 10.1. The Hall–Kier alpha value is -2.14. The van der Waals surface area contributed by atoms with E-state index in [1.54, 1.807) is 34.4 Å². The molecule has 1 aromatic heterocycles. The van der Waals surface area contributed by atoms with Gasteiger partial charge < -0.3 is 10.0 Å². The summed E-state index contributed by atoms with van der Waals surface area (Å²) in [6.07, 6.45) is 1.11. The zero-order chi connectivity index (χ0) is 14.1. The summed E-state index contributed by atoms with van der Waals surface area (Å²) in [5, 5.41) is 13.1. The van der Waals surface area contributed by atoms with Gasteiger partial charge in [-0.3, -0.25) is 4.79 Å². The van der Waals surface area contributed by atoms with Crippen LogP contribution in [0.15, 0.2) is 35.0 Å². The zero-order valence-corrected chi connectivity index (χ0v) is 11.5. The van der Waals surface area contributed by atoms with Crippen LogP contribution in [0.2, 0.25) is 0 Å². The summed E-state index contributed by atoms with van der Waals surface area (Å²) in [7, 11) is 0. The number of rotatable bonds is 4. The molecule has 0 saturated carbocycles. The van der Waals surface area contributed by atoms with E-state index < -0.39 is 5.97 Å². The second kappa shape index (κ2) is 5.09. The molecule has 3 rings (SSSR count). The fourth-order valence-electron chi connectivity index (χ4n) is 2.44. The van der Waals surface area contributed by atoms with Gasteiger partial charge in [-0.1, -0.05) is 0 Å². The minimum absolute atomic E-state index is 0.0396. The normalized spacial score (nSPS) is 13.6. The molecule has 1 amide bonds. The molecule has 0 atom stereocenters. The van der Waals surface area contributed by atoms with Gasteiger partial charge in [-0.25, -0.2) is 4.79 Å². The van der Waals surface area contributed by atoms with E-state index in [2.05, 4.69) is 11.4 Å². The van der Waals surface area contributed by atoms with Crippen molar-refractivity contribution in [3.8, 4) is 0 Å². The molecule has 0 aliphatic carbocycles. The smallest absolute Gasteiger partial charge is 0.335 e. The Labute approximate surface area is 120 Å². The summed E-state index contributed by atoms with van der Waals surface area (Å²) in [6, 6.07) is 6.94. The molecular weight excluding hydrogens is 274 g/mol. The van der Waals surface area contributed by atoms with Crippen LogP contribution < -0.4 is 4.90 Å². The average Bonchev–Trinajstić information content (AvgIpc) is 3.02. The summed E-state index contributed by atoms with van der Waals surface area (Å²) >= 11 is 1.64. The van der Waals surface area contributed by atoms with Gasteiger partial charge in [0, 0.05) is 12.2 Å². The number of fused-ring (bicyclic) bond motifs is 1. The molecule has 1 aliphatic rings. The van der Waals surface area contributed by atoms with Gasteiger partial charge in [0.25, 0.3) is 0 Å². The standard InChI is InChI=1S/C15H13NO3S/c17-14-8-12-7-11(15(18)19)1-2-13(12)16(14)5-3-10-4-6-20-9-10/h1-2,4,6-7,9H,3,5,8H2,(H,18,19). The second-order valence-electron chi connectivity index (χ2n) is 4.75. The number of aromatic carboxylic acids is 1. The molecule has 0 radical (unpaired) electrons. The van der Waals surface area contributed by atoms with E-state index >= 15 is 0 Å². The summed E-state index contributed by atoms with van der Waals surface area (Å²) in [4.78, 5) is 24.7.